The van der Waals surface area contributed by atoms with Crippen molar-refractivity contribution in [1.29, 1.82) is 0 Å². The average Bonchev–Trinajstić information content (AvgIpc) is 3.26. The number of ether oxygens (including phenoxy) is 1. The molecule has 7 nitrogen and oxygen atoms in total. The van der Waals surface area contributed by atoms with Crippen LogP contribution in [0.25, 0.3) is 11.1 Å². The SMILES string of the molecule is CC(C)CN([C@H](CO)CCCCNC(=O)OCC1c2ccccc2-c2ccccc21)S(=O)(=O)c1ccc(Br)cc1. The number of aliphatic hydroxyl groups is 1. The number of nitrogens with zero attached hydrogens (tertiary/aromatic N) is 1. The predicted molar refractivity (Wildman–Crippen MR) is 161 cm³/mol. The maximum atomic E-state index is 13.4. The van der Waals surface area contributed by atoms with Crippen molar-refractivity contribution < 1.29 is 23.1 Å². The zero-order chi connectivity index (χ0) is 28.7. The molecule has 0 radical (unpaired) electrons. The number of benzene rings is 3. The zero-order valence-electron chi connectivity index (χ0n) is 22.9. The molecule has 1 atom stereocenters. The molecule has 0 fully saturated rings. The van der Waals surface area contributed by atoms with Crippen molar-refractivity contribution in [3.63, 3.8) is 0 Å². The quantitative estimate of drug-likeness (QED) is 0.221. The van der Waals surface area contributed by atoms with Crippen LogP contribution in [0.1, 0.15) is 50.2 Å². The van der Waals surface area contributed by atoms with E-state index in [0.29, 0.717) is 32.4 Å². The molecular formula is C31H37BrN2O5S. The van der Waals surface area contributed by atoms with Gasteiger partial charge < -0.3 is 15.2 Å². The number of halogens is 1. The molecule has 0 unspecified atom stereocenters. The number of hydrogen-bond acceptors (Lipinski definition) is 5. The van der Waals surface area contributed by atoms with Gasteiger partial charge in [-0.05, 0) is 65.3 Å². The lowest BCUT2D eigenvalue weighted by molar-refractivity contribution is 0.142. The Morgan fingerprint density at radius 1 is 0.975 bits per heavy atom. The lowest BCUT2D eigenvalue weighted by atomic mass is 9.98. The Morgan fingerprint density at radius 2 is 1.57 bits per heavy atom. The second kappa shape index (κ2) is 13.8. The number of sulfonamides is 1. The number of unbranched alkanes of at least 4 members (excludes halogenated alkanes) is 1. The molecule has 40 heavy (non-hydrogen) atoms. The van der Waals surface area contributed by atoms with Crippen LogP contribution < -0.4 is 5.32 Å². The Bertz CT molecular complexity index is 1350. The number of fused-ring (bicyclic) bond motifs is 3. The summed E-state index contributed by atoms with van der Waals surface area (Å²) in [5.74, 6) is 0.0950. The van der Waals surface area contributed by atoms with Crippen molar-refractivity contribution in [3.8, 4) is 11.1 Å². The van der Waals surface area contributed by atoms with Gasteiger partial charge in [-0.3, -0.25) is 0 Å². The van der Waals surface area contributed by atoms with E-state index in [2.05, 4.69) is 45.5 Å². The molecule has 0 aliphatic heterocycles. The maximum absolute atomic E-state index is 13.4. The molecule has 4 rings (SSSR count). The van der Waals surface area contributed by atoms with E-state index in [1.807, 2.05) is 38.1 Å². The Labute approximate surface area is 245 Å². The van der Waals surface area contributed by atoms with Gasteiger partial charge in [0, 0.05) is 29.5 Å². The van der Waals surface area contributed by atoms with Gasteiger partial charge in [0.05, 0.1) is 11.5 Å². The van der Waals surface area contributed by atoms with Gasteiger partial charge >= 0.3 is 6.09 Å². The Hall–Kier alpha value is -2.72. The van der Waals surface area contributed by atoms with Gasteiger partial charge in [-0.2, -0.15) is 4.31 Å². The number of alkyl carbamates (subject to hydrolysis) is 1. The molecule has 0 saturated carbocycles. The van der Waals surface area contributed by atoms with Crippen LogP contribution in [0.4, 0.5) is 4.79 Å². The predicted octanol–water partition coefficient (Wildman–Crippen LogP) is 6.17. The summed E-state index contributed by atoms with van der Waals surface area (Å²) in [6.45, 7) is 4.60. The highest BCUT2D eigenvalue weighted by atomic mass is 79.9. The smallest absolute Gasteiger partial charge is 0.407 e. The highest BCUT2D eigenvalue weighted by molar-refractivity contribution is 9.10. The first-order valence-corrected chi connectivity index (χ1v) is 15.9. The number of carbonyl (C=O) groups excluding carboxylic acids is 1. The molecule has 9 heteroatoms. The molecule has 214 valence electrons. The van der Waals surface area contributed by atoms with Crippen LogP contribution in [0.3, 0.4) is 0 Å². The summed E-state index contributed by atoms with van der Waals surface area (Å²) < 4.78 is 34.6. The van der Waals surface area contributed by atoms with E-state index in [4.69, 9.17) is 4.74 Å². The van der Waals surface area contributed by atoms with Gasteiger partial charge in [0.2, 0.25) is 10.0 Å². The van der Waals surface area contributed by atoms with E-state index in [1.54, 1.807) is 24.3 Å². The standard InChI is InChI=1S/C31H37BrN2O5S/c1-22(2)19-34(40(37,38)25-16-14-23(32)15-17-25)24(20-35)9-7-8-18-33-31(36)39-21-30-28-12-5-3-10-26(28)27-11-4-6-13-29(27)30/h3-6,10-17,22,24,30,35H,7-9,18-21H2,1-2H3,(H,33,36)/t24-/m0/s1. The summed E-state index contributed by atoms with van der Waals surface area (Å²) in [5, 5.41) is 12.9. The van der Waals surface area contributed by atoms with Gasteiger partial charge in [-0.15, -0.1) is 0 Å². The van der Waals surface area contributed by atoms with Gasteiger partial charge in [0.25, 0.3) is 0 Å². The molecule has 0 heterocycles. The molecule has 0 bridgehead atoms. The molecule has 3 aromatic carbocycles. The third kappa shape index (κ3) is 7.13. The van der Waals surface area contributed by atoms with Gasteiger partial charge in [-0.1, -0.05) is 84.7 Å². The largest absolute Gasteiger partial charge is 0.449 e. The number of hydrogen-bond donors (Lipinski definition) is 2. The van der Waals surface area contributed by atoms with E-state index >= 15 is 0 Å². The summed E-state index contributed by atoms with van der Waals surface area (Å²) in [6.07, 6.45) is 1.28. The second-order valence-corrected chi connectivity index (χ2v) is 13.3. The fraction of sp³-hybridized carbons (Fsp3) is 0.387. The minimum absolute atomic E-state index is 0.00285. The summed E-state index contributed by atoms with van der Waals surface area (Å²) in [6, 6.07) is 22.4. The lowest BCUT2D eigenvalue weighted by Gasteiger charge is -2.31. The monoisotopic (exact) mass is 628 g/mol. The van der Waals surface area contributed by atoms with Crippen LogP contribution in [0.2, 0.25) is 0 Å². The van der Waals surface area contributed by atoms with Crippen LogP contribution in [-0.4, -0.2) is 56.3 Å². The Morgan fingerprint density at radius 3 is 2.15 bits per heavy atom. The minimum atomic E-state index is -3.78. The molecular weight excluding hydrogens is 592 g/mol. The van der Waals surface area contributed by atoms with Crippen molar-refractivity contribution in [1.82, 2.24) is 9.62 Å². The Kier molecular flexibility index (Phi) is 10.4. The number of nitrogens with one attached hydrogen (secondary N) is 1. The zero-order valence-corrected chi connectivity index (χ0v) is 25.3. The van der Waals surface area contributed by atoms with E-state index in [-0.39, 0.29) is 29.9 Å². The molecule has 1 aliphatic rings. The third-order valence-corrected chi connectivity index (χ3v) is 9.62. The summed E-state index contributed by atoms with van der Waals surface area (Å²) >= 11 is 3.34. The van der Waals surface area contributed by atoms with E-state index in [9.17, 15) is 18.3 Å². The minimum Gasteiger partial charge on any atom is -0.449 e. The van der Waals surface area contributed by atoms with Crippen molar-refractivity contribution in [3.05, 3.63) is 88.4 Å². The number of carbonyl (C=O) groups is 1. The summed E-state index contributed by atoms with van der Waals surface area (Å²) in [7, 11) is -3.78. The molecule has 1 aliphatic carbocycles. The van der Waals surface area contributed by atoms with Crippen LogP contribution in [0.5, 0.6) is 0 Å². The summed E-state index contributed by atoms with van der Waals surface area (Å²) in [5.41, 5.74) is 4.68. The highest BCUT2D eigenvalue weighted by Crippen LogP contribution is 2.44. The van der Waals surface area contributed by atoms with Crippen molar-refractivity contribution in [2.45, 2.75) is 50.0 Å². The molecule has 0 aromatic heterocycles. The van der Waals surface area contributed by atoms with Crippen molar-refractivity contribution in [2.75, 3.05) is 26.3 Å². The van der Waals surface area contributed by atoms with E-state index in [1.165, 1.54) is 15.4 Å². The maximum Gasteiger partial charge on any atom is 0.407 e. The molecule has 0 saturated heterocycles. The average molecular weight is 630 g/mol. The summed E-state index contributed by atoms with van der Waals surface area (Å²) in [4.78, 5) is 12.7. The van der Waals surface area contributed by atoms with Crippen LogP contribution in [0.15, 0.2) is 82.2 Å². The van der Waals surface area contributed by atoms with Gasteiger partial charge in [0.1, 0.15) is 6.61 Å². The first-order valence-electron chi connectivity index (χ1n) is 13.7. The second-order valence-electron chi connectivity index (χ2n) is 10.5. The first kappa shape index (κ1) is 30.2. The molecule has 1 amide bonds. The van der Waals surface area contributed by atoms with Crippen molar-refractivity contribution >= 4 is 32.0 Å². The number of rotatable bonds is 13. The highest BCUT2D eigenvalue weighted by Gasteiger charge is 2.32. The van der Waals surface area contributed by atoms with Crippen molar-refractivity contribution in [2.24, 2.45) is 5.92 Å². The van der Waals surface area contributed by atoms with E-state index < -0.39 is 22.2 Å². The van der Waals surface area contributed by atoms with Crippen LogP contribution in [0, 0.1) is 5.92 Å². The van der Waals surface area contributed by atoms with E-state index in [0.717, 1.165) is 15.6 Å². The fourth-order valence-electron chi connectivity index (χ4n) is 5.22. The van der Waals surface area contributed by atoms with Crippen LogP contribution in [-0.2, 0) is 14.8 Å². The molecule has 0 spiro atoms. The van der Waals surface area contributed by atoms with Gasteiger partial charge in [-0.25, -0.2) is 13.2 Å². The Balaban J connectivity index is 1.27. The fourth-order valence-corrected chi connectivity index (χ4v) is 7.29. The van der Waals surface area contributed by atoms with Gasteiger partial charge in [0.15, 0.2) is 0 Å². The number of aliphatic hydroxyl groups excluding tert-OH is 1. The lowest BCUT2D eigenvalue weighted by Crippen LogP contribution is -2.44. The molecule has 2 N–H and O–H groups in total. The normalized spacial score (nSPS) is 13.8. The topological polar surface area (TPSA) is 95.9 Å². The van der Waals surface area contributed by atoms with Crippen LogP contribution >= 0.6 is 15.9 Å². The third-order valence-electron chi connectivity index (χ3n) is 7.16. The number of amides is 1. The first-order chi connectivity index (χ1) is 19.2. The molecule has 3 aromatic rings.